The van der Waals surface area contributed by atoms with Gasteiger partial charge < -0.3 is 15.0 Å². The van der Waals surface area contributed by atoms with Gasteiger partial charge in [-0.2, -0.15) is 0 Å². The van der Waals surface area contributed by atoms with Gasteiger partial charge >= 0.3 is 0 Å². The minimum Gasteiger partial charge on any atom is -0.481 e. The number of methoxy groups -OCH3 is 1. The smallest absolute Gasteiger partial charge is 0.217 e. The molecule has 1 fully saturated rings. The minimum atomic E-state index is 0.745. The van der Waals surface area contributed by atoms with Gasteiger partial charge in [-0.25, -0.2) is 4.98 Å². The predicted octanol–water partition coefficient (Wildman–Crippen LogP) is 1.52. The lowest BCUT2D eigenvalue weighted by Gasteiger charge is -2.27. The first-order valence-electron chi connectivity index (χ1n) is 6.66. The molecule has 100 valence electrons. The minimum absolute atomic E-state index is 0.745. The average molecular weight is 249 g/mol. The number of aromatic nitrogens is 1. The summed E-state index contributed by atoms with van der Waals surface area (Å²) in [7, 11) is 3.85. The summed E-state index contributed by atoms with van der Waals surface area (Å²) in [6, 6.07) is 4.06. The van der Waals surface area contributed by atoms with Crippen LogP contribution < -0.4 is 10.1 Å². The van der Waals surface area contributed by atoms with Crippen LogP contribution in [-0.4, -0.2) is 43.7 Å². The highest BCUT2D eigenvalue weighted by Crippen LogP contribution is 2.18. The Morgan fingerprint density at radius 1 is 1.44 bits per heavy atom. The van der Waals surface area contributed by atoms with Gasteiger partial charge in [0.05, 0.1) is 7.11 Å². The van der Waals surface area contributed by atoms with E-state index in [9.17, 15) is 0 Å². The summed E-state index contributed by atoms with van der Waals surface area (Å²) in [6.45, 7) is 4.38. The van der Waals surface area contributed by atoms with E-state index in [4.69, 9.17) is 4.74 Å². The molecule has 0 unspecified atom stereocenters. The quantitative estimate of drug-likeness (QED) is 0.858. The van der Waals surface area contributed by atoms with Crippen molar-refractivity contribution in [2.75, 3.05) is 33.8 Å². The SMILES string of the molecule is COc1ncccc1CN(C)CC1CCNCC1. The van der Waals surface area contributed by atoms with Crippen molar-refractivity contribution in [2.45, 2.75) is 19.4 Å². The molecule has 1 aromatic heterocycles. The zero-order valence-electron chi connectivity index (χ0n) is 11.4. The van der Waals surface area contributed by atoms with Crippen LogP contribution in [0.25, 0.3) is 0 Å². The van der Waals surface area contributed by atoms with Crippen molar-refractivity contribution in [2.24, 2.45) is 5.92 Å². The van der Waals surface area contributed by atoms with E-state index in [0.29, 0.717) is 0 Å². The fourth-order valence-corrected chi connectivity index (χ4v) is 2.59. The number of pyridine rings is 1. The monoisotopic (exact) mass is 249 g/mol. The van der Waals surface area contributed by atoms with Gasteiger partial charge in [0.2, 0.25) is 5.88 Å². The highest BCUT2D eigenvalue weighted by atomic mass is 16.5. The molecule has 0 aromatic carbocycles. The Balaban J connectivity index is 1.87. The number of nitrogens with zero attached hydrogens (tertiary/aromatic N) is 2. The molecule has 4 nitrogen and oxygen atoms in total. The topological polar surface area (TPSA) is 37.4 Å². The van der Waals surface area contributed by atoms with Gasteiger partial charge in [-0.15, -0.1) is 0 Å². The lowest BCUT2D eigenvalue weighted by molar-refractivity contribution is 0.231. The number of ether oxygens (including phenoxy) is 1. The Labute approximate surface area is 109 Å². The molecule has 0 atom stereocenters. The third-order valence-electron chi connectivity index (χ3n) is 3.51. The second kappa shape index (κ2) is 6.71. The van der Waals surface area contributed by atoms with E-state index < -0.39 is 0 Å². The lowest BCUT2D eigenvalue weighted by Crippen LogP contribution is -2.34. The molecule has 1 saturated heterocycles. The van der Waals surface area contributed by atoms with Gasteiger partial charge in [0, 0.05) is 24.8 Å². The molecule has 1 aliphatic rings. The number of hydrogen-bond donors (Lipinski definition) is 1. The molecule has 0 spiro atoms. The van der Waals surface area contributed by atoms with Crippen LogP contribution in [0.2, 0.25) is 0 Å². The molecule has 1 aromatic rings. The summed E-state index contributed by atoms with van der Waals surface area (Å²) in [5, 5.41) is 3.41. The van der Waals surface area contributed by atoms with Crippen molar-refractivity contribution < 1.29 is 4.74 Å². The first kappa shape index (κ1) is 13.3. The summed E-state index contributed by atoms with van der Waals surface area (Å²) in [6.07, 6.45) is 4.35. The Morgan fingerprint density at radius 2 is 2.22 bits per heavy atom. The molecule has 1 N–H and O–H groups in total. The first-order chi connectivity index (χ1) is 8.79. The molecular weight excluding hydrogens is 226 g/mol. The number of nitrogens with one attached hydrogen (secondary N) is 1. The fourth-order valence-electron chi connectivity index (χ4n) is 2.59. The zero-order chi connectivity index (χ0) is 12.8. The molecule has 0 saturated carbocycles. The highest BCUT2D eigenvalue weighted by molar-refractivity contribution is 5.25. The summed E-state index contributed by atoms with van der Waals surface area (Å²) in [5.74, 6) is 1.56. The molecule has 1 aliphatic heterocycles. The van der Waals surface area contributed by atoms with E-state index >= 15 is 0 Å². The van der Waals surface area contributed by atoms with Gasteiger partial charge in [0.15, 0.2) is 0 Å². The molecule has 18 heavy (non-hydrogen) atoms. The summed E-state index contributed by atoms with van der Waals surface area (Å²) >= 11 is 0. The normalized spacial score (nSPS) is 17.1. The Bertz CT molecular complexity index is 364. The Morgan fingerprint density at radius 3 is 2.94 bits per heavy atom. The van der Waals surface area contributed by atoms with E-state index in [0.717, 1.165) is 43.5 Å². The zero-order valence-corrected chi connectivity index (χ0v) is 11.4. The van der Waals surface area contributed by atoms with Crippen molar-refractivity contribution >= 4 is 0 Å². The van der Waals surface area contributed by atoms with Crippen LogP contribution in [0.4, 0.5) is 0 Å². The standard InChI is InChI=1S/C14H23N3O/c1-17(10-12-5-8-15-9-6-12)11-13-4-3-7-16-14(13)18-2/h3-4,7,12,15H,5-6,8-11H2,1-2H3. The molecule has 4 heteroatoms. The van der Waals surface area contributed by atoms with E-state index in [1.165, 1.54) is 12.8 Å². The van der Waals surface area contributed by atoms with Crippen LogP contribution in [0, 0.1) is 5.92 Å². The number of rotatable bonds is 5. The van der Waals surface area contributed by atoms with Gasteiger partial charge in [-0.1, -0.05) is 6.07 Å². The van der Waals surface area contributed by atoms with Crippen molar-refractivity contribution in [1.82, 2.24) is 15.2 Å². The highest BCUT2D eigenvalue weighted by Gasteiger charge is 2.16. The predicted molar refractivity (Wildman–Crippen MR) is 72.7 cm³/mol. The van der Waals surface area contributed by atoms with Crippen LogP contribution in [0.15, 0.2) is 18.3 Å². The molecule has 0 radical (unpaired) electrons. The van der Waals surface area contributed by atoms with E-state index in [1.807, 2.05) is 6.07 Å². The van der Waals surface area contributed by atoms with Crippen molar-refractivity contribution in [3.8, 4) is 5.88 Å². The van der Waals surface area contributed by atoms with Gasteiger partial charge in [-0.05, 0) is 45.0 Å². The molecule has 0 bridgehead atoms. The third-order valence-corrected chi connectivity index (χ3v) is 3.51. The van der Waals surface area contributed by atoms with Crippen LogP contribution >= 0.6 is 0 Å². The summed E-state index contributed by atoms with van der Waals surface area (Å²) in [4.78, 5) is 6.61. The molecule has 2 rings (SSSR count). The summed E-state index contributed by atoms with van der Waals surface area (Å²) in [5.41, 5.74) is 1.16. The van der Waals surface area contributed by atoms with Crippen molar-refractivity contribution in [3.05, 3.63) is 23.9 Å². The fraction of sp³-hybridized carbons (Fsp3) is 0.643. The molecule has 0 aliphatic carbocycles. The number of piperidine rings is 1. The third kappa shape index (κ3) is 3.68. The van der Waals surface area contributed by atoms with Crippen LogP contribution in [0.3, 0.4) is 0 Å². The maximum atomic E-state index is 5.29. The second-order valence-corrected chi connectivity index (χ2v) is 5.06. The second-order valence-electron chi connectivity index (χ2n) is 5.06. The molecule has 2 heterocycles. The Kier molecular flexibility index (Phi) is 4.96. The van der Waals surface area contributed by atoms with E-state index in [1.54, 1.807) is 13.3 Å². The Hall–Kier alpha value is -1.13. The van der Waals surface area contributed by atoms with Crippen molar-refractivity contribution in [1.29, 1.82) is 0 Å². The first-order valence-corrected chi connectivity index (χ1v) is 6.66. The summed E-state index contributed by atoms with van der Waals surface area (Å²) < 4.78 is 5.29. The van der Waals surface area contributed by atoms with Gasteiger partial charge in [0.1, 0.15) is 0 Å². The maximum Gasteiger partial charge on any atom is 0.217 e. The lowest BCUT2D eigenvalue weighted by atomic mass is 9.97. The van der Waals surface area contributed by atoms with E-state index in [-0.39, 0.29) is 0 Å². The van der Waals surface area contributed by atoms with E-state index in [2.05, 4.69) is 28.3 Å². The van der Waals surface area contributed by atoms with Gasteiger partial charge in [-0.3, -0.25) is 0 Å². The number of hydrogen-bond acceptors (Lipinski definition) is 4. The average Bonchev–Trinajstić information content (AvgIpc) is 2.40. The maximum absolute atomic E-state index is 5.29. The van der Waals surface area contributed by atoms with Crippen molar-refractivity contribution in [3.63, 3.8) is 0 Å². The van der Waals surface area contributed by atoms with Gasteiger partial charge in [0.25, 0.3) is 0 Å². The molecule has 0 amide bonds. The van der Waals surface area contributed by atoms with Crippen LogP contribution in [0.5, 0.6) is 5.88 Å². The van der Waals surface area contributed by atoms with Crippen LogP contribution in [-0.2, 0) is 6.54 Å². The van der Waals surface area contributed by atoms with Crippen LogP contribution in [0.1, 0.15) is 18.4 Å². The largest absolute Gasteiger partial charge is 0.481 e. The molecular formula is C14H23N3O.